The minimum Gasteiger partial charge on any atom is -0.480 e. The fourth-order valence-electron chi connectivity index (χ4n) is 3.22. The van der Waals surface area contributed by atoms with Gasteiger partial charge in [-0.15, -0.1) is 11.3 Å². The number of carboxylic acids is 1. The standard InChI is InChI=1S/C17H17F2NO2S/c1-10-6-8-23-16(10)15(12-5-4-11(18)9-13(12)19)20-7-2-3-14(20)17(21)22/h4-6,8-9,14-15H,2-3,7H2,1H3,(H,21,22). The average Bonchev–Trinajstić information content (AvgIpc) is 3.11. The van der Waals surface area contributed by atoms with E-state index in [9.17, 15) is 18.7 Å². The minimum absolute atomic E-state index is 0.324. The highest BCUT2D eigenvalue weighted by molar-refractivity contribution is 7.10. The Morgan fingerprint density at radius 3 is 2.78 bits per heavy atom. The van der Waals surface area contributed by atoms with E-state index in [1.165, 1.54) is 23.5 Å². The van der Waals surface area contributed by atoms with Crippen LogP contribution >= 0.6 is 11.3 Å². The maximum atomic E-state index is 14.4. The Labute approximate surface area is 137 Å². The third kappa shape index (κ3) is 3.01. The Morgan fingerprint density at radius 1 is 1.39 bits per heavy atom. The van der Waals surface area contributed by atoms with Crippen molar-refractivity contribution in [3.05, 3.63) is 57.3 Å². The van der Waals surface area contributed by atoms with Gasteiger partial charge in [-0.3, -0.25) is 9.69 Å². The molecule has 0 saturated carbocycles. The predicted molar refractivity (Wildman–Crippen MR) is 84.6 cm³/mol. The summed E-state index contributed by atoms with van der Waals surface area (Å²) in [6.07, 6.45) is 1.29. The summed E-state index contributed by atoms with van der Waals surface area (Å²) in [5, 5.41) is 11.4. The van der Waals surface area contributed by atoms with Gasteiger partial charge in [0.2, 0.25) is 0 Å². The van der Waals surface area contributed by atoms with Crippen molar-refractivity contribution in [3.63, 3.8) is 0 Å². The van der Waals surface area contributed by atoms with E-state index in [2.05, 4.69) is 0 Å². The molecule has 3 nitrogen and oxygen atoms in total. The van der Waals surface area contributed by atoms with Crippen LogP contribution in [-0.2, 0) is 4.79 Å². The summed E-state index contributed by atoms with van der Waals surface area (Å²) in [5.74, 6) is -2.17. The third-order valence-corrected chi connectivity index (χ3v) is 5.39. The average molecular weight is 337 g/mol. The van der Waals surface area contributed by atoms with Gasteiger partial charge in [-0.25, -0.2) is 8.78 Å². The second-order valence-corrected chi connectivity index (χ2v) is 6.72. The largest absolute Gasteiger partial charge is 0.480 e. The number of nitrogens with zero attached hydrogens (tertiary/aromatic N) is 1. The molecule has 0 aliphatic carbocycles. The van der Waals surface area contributed by atoms with Crippen LogP contribution in [0.15, 0.2) is 29.6 Å². The van der Waals surface area contributed by atoms with E-state index >= 15 is 0 Å². The maximum absolute atomic E-state index is 14.4. The number of benzene rings is 1. The van der Waals surface area contributed by atoms with Crippen LogP contribution < -0.4 is 0 Å². The molecular weight excluding hydrogens is 320 g/mol. The zero-order valence-electron chi connectivity index (χ0n) is 12.6. The van der Waals surface area contributed by atoms with Gasteiger partial charge in [-0.1, -0.05) is 6.07 Å². The molecule has 1 aromatic heterocycles. The first kappa shape index (κ1) is 16.1. The Morgan fingerprint density at radius 2 is 2.17 bits per heavy atom. The van der Waals surface area contributed by atoms with Gasteiger partial charge in [0, 0.05) is 23.1 Å². The van der Waals surface area contributed by atoms with E-state index in [1.54, 1.807) is 0 Å². The van der Waals surface area contributed by atoms with Crippen LogP contribution in [0.1, 0.15) is 34.9 Å². The maximum Gasteiger partial charge on any atom is 0.320 e. The molecule has 1 fully saturated rings. The summed E-state index contributed by atoms with van der Waals surface area (Å²) in [7, 11) is 0. The number of rotatable bonds is 4. The number of thiophene rings is 1. The Balaban J connectivity index is 2.11. The number of carboxylic acid groups (broad SMARTS) is 1. The van der Waals surface area contributed by atoms with Crippen LogP contribution in [0, 0.1) is 18.6 Å². The molecule has 1 aliphatic rings. The first-order valence-electron chi connectivity index (χ1n) is 7.46. The first-order chi connectivity index (χ1) is 11.0. The molecule has 2 unspecified atom stereocenters. The summed E-state index contributed by atoms with van der Waals surface area (Å²) in [4.78, 5) is 14.3. The highest BCUT2D eigenvalue weighted by Crippen LogP contribution is 2.39. The first-order valence-corrected chi connectivity index (χ1v) is 8.34. The molecule has 2 heterocycles. The number of aryl methyl sites for hydroxylation is 1. The van der Waals surface area contributed by atoms with Gasteiger partial charge in [0.05, 0.1) is 6.04 Å². The van der Waals surface area contributed by atoms with Gasteiger partial charge in [0.15, 0.2) is 0 Å². The van der Waals surface area contributed by atoms with Crippen molar-refractivity contribution < 1.29 is 18.7 Å². The van der Waals surface area contributed by atoms with Gasteiger partial charge in [0.1, 0.15) is 17.7 Å². The van der Waals surface area contributed by atoms with Crippen LogP contribution in [0.3, 0.4) is 0 Å². The topological polar surface area (TPSA) is 40.5 Å². The number of hydrogen-bond acceptors (Lipinski definition) is 3. The molecule has 0 amide bonds. The molecule has 6 heteroatoms. The van der Waals surface area contributed by atoms with E-state index < -0.39 is 29.7 Å². The van der Waals surface area contributed by atoms with Gasteiger partial charge in [-0.2, -0.15) is 0 Å². The summed E-state index contributed by atoms with van der Waals surface area (Å²) in [6, 6.07) is 4.29. The zero-order chi connectivity index (χ0) is 16.6. The highest BCUT2D eigenvalue weighted by atomic mass is 32.1. The number of hydrogen-bond donors (Lipinski definition) is 1. The minimum atomic E-state index is -0.899. The SMILES string of the molecule is Cc1ccsc1C(c1ccc(F)cc1F)N1CCCC1C(=O)O. The lowest BCUT2D eigenvalue weighted by Gasteiger charge is -2.31. The molecule has 0 bridgehead atoms. The van der Waals surface area contributed by atoms with Crippen LogP contribution in [0.2, 0.25) is 0 Å². The molecular formula is C17H17F2NO2S. The van der Waals surface area contributed by atoms with Crippen LogP contribution in [-0.4, -0.2) is 28.6 Å². The third-order valence-electron chi connectivity index (χ3n) is 4.32. The van der Waals surface area contributed by atoms with Gasteiger partial charge < -0.3 is 5.11 Å². The molecule has 3 rings (SSSR count). The lowest BCUT2D eigenvalue weighted by atomic mass is 9.99. The van der Waals surface area contributed by atoms with Gasteiger partial charge in [0.25, 0.3) is 0 Å². The smallest absolute Gasteiger partial charge is 0.320 e. The number of halogens is 2. The molecule has 1 aromatic carbocycles. The number of aliphatic carboxylic acids is 1. The van der Waals surface area contributed by atoms with E-state index in [-0.39, 0.29) is 0 Å². The van der Waals surface area contributed by atoms with Crippen molar-refractivity contribution in [2.24, 2.45) is 0 Å². The van der Waals surface area contributed by atoms with E-state index in [4.69, 9.17) is 0 Å². The highest BCUT2D eigenvalue weighted by Gasteiger charge is 2.38. The van der Waals surface area contributed by atoms with E-state index in [1.807, 2.05) is 23.3 Å². The fourth-order valence-corrected chi connectivity index (χ4v) is 4.29. The fraction of sp³-hybridized carbons (Fsp3) is 0.353. The second-order valence-electron chi connectivity index (χ2n) is 5.77. The summed E-state index contributed by atoms with van der Waals surface area (Å²) >= 11 is 1.47. The molecule has 0 spiro atoms. The van der Waals surface area contributed by atoms with E-state index in [0.717, 1.165) is 22.9 Å². The predicted octanol–water partition coefficient (Wildman–Crippen LogP) is 3.97. The monoisotopic (exact) mass is 337 g/mol. The Hall–Kier alpha value is -1.79. The molecule has 1 N–H and O–H groups in total. The molecule has 23 heavy (non-hydrogen) atoms. The van der Waals surface area contributed by atoms with Crippen molar-refractivity contribution >= 4 is 17.3 Å². The molecule has 122 valence electrons. The normalized spacial score (nSPS) is 19.9. The summed E-state index contributed by atoms with van der Waals surface area (Å²) < 4.78 is 27.7. The van der Waals surface area contributed by atoms with Crippen LogP contribution in [0.5, 0.6) is 0 Å². The lowest BCUT2D eigenvalue weighted by Crippen LogP contribution is -2.39. The number of likely N-dealkylation sites (tertiary alicyclic amines) is 1. The van der Waals surface area contributed by atoms with E-state index in [0.29, 0.717) is 18.5 Å². The zero-order valence-corrected chi connectivity index (χ0v) is 13.4. The summed E-state index contributed by atoms with van der Waals surface area (Å²) in [5.41, 5.74) is 1.31. The lowest BCUT2D eigenvalue weighted by molar-refractivity contribution is -0.142. The Kier molecular flexibility index (Phi) is 4.46. The van der Waals surface area contributed by atoms with Gasteiger partial charge >= 0.3 is 5.97 Å². The quantitative estimate of drug-likeness (QED) is 0.918. The molecule has 2 aromatic rings. The molecule has 1 aliphatic heterocycles. The van der Waals surface area contributed by atoms with Crippen molar-refractivity contribution in [2.45, 2.75) is 31.8 Å². The van der Waals surface area contributed by atoms with Crippen molar-refractivity contribution in [2.75, 3.05) is 6.54 Å². The molecule has 2 atom stereocenters. The van der Waals surface area contributed by atoms with Crippen LogP contribution in [0.25, 0.3) is 0 Å². The van der Waals surface area contributed by atoms with Crippen LogP contribution in [0.4, 0.5) is 8.78 Å². The van der Waals surface area contributed by atoms with Crippen molar-refractivity contribution in [3.8, 4) is 0 Å². The van der Waals surface area contributed by atoms with Crippen molar-refractivity contribution in [1.29, 1.82) is 0 Å². The molecule has 0 radical (unpaired) electrons. The number of carbonyl (C=O) groups is 1. The van der Waals surface area contributed by atoms with Crippen molar-refractivity contribution in [1.82, 2.24) is 4.90 Å². The Bertz CT molecular complexity index is 731. The summed E-state index contributed by atoms with van der Waals surface area (Å²) in [6.45, 7) is 2.50. The van der Waals surface area contributed by atoms with Gasteiger partial charge in [-0.05, 0) is 42.8 Å². The molecule has 1 saturated heterocycles. The second kappa shape index (κ2) is 6.37.